The summed E-state index contributed by atoms with van der Waals surface area (Å²) < 4.78 is 0. The van der Waals surface area contributed by atoms with Gasteiger partial charge in [0, 0.05) is 31.7 Å². The summed E-state index contributed by atoms with van der Waals surface area (Å²) in [4.78, 5) is 18.6. The Morgan fingerprint density at radius 1 is 1.45 bits per heavy atom. The van der Waals surface area contributed by atoms with Gasteiger partial charge in [0.15, 0.2) is 0 Å². The lowest BCUT2D eigenvalue weighted by Gasteiger charge is -2.35. The highest BCUT2D eigenvalue weighted by Gasteiger charge is 2.25. The highest BCUT2D eigenvalue weighted by atomic mass is 16.2. The van der Waals surface area contributed by atoms with Gasteiger partial charge < -0.3 is 10.2 Å². The molecule has 1 saturated heterocycles. The molecule has 0 bridgehead atoms. The number of anilines is 1. The molecule has 1 aliphatic rings. The van der Waals surface area contributed by atoms with Gasteiger partial charge >= 0.3 is 0 Å². The lowest BCUT2D eigenvalue weighted by atomic mass is 9.96. The first kappa shape index (κ1) is 14.8. The Labute approximate surface area is 121 Å². The van der Waals surface area contributed by atoms with Crippen molar-refractivity contribution in [3.63, 3.8) is 0 Å². The van der Waals surface area contributed by atoms with Crippen molar-refractivity contribution in [2.24, 2.45) is 0 Å². The fraction of sp³-hybridized carbons (Fsp3) is 0.625. The number of hydrogen-bond acceptors (Lipinski definition) is 3. The number of carbonyl (C=O) groups is 1. The molecular formula is C16H25N3O. The van der Waals surface area contributed by atoms with E-state index in [4.69, 9.17) is 0 Å². The number of carbonyl (C=O) groups excluding carboxylic acids is 1. The van der Waals surface area contributed by atoms with Crippen molar-refractivity contribution in [1.82, 2.24) is 9.88 Å². The van der Waals surface area contributed by atoms with E-state index in [1.165, 1.54) is 6.42 Å². The van der Waals surface area contributed by atoms with Crippen molar-refractivity contribution >= 4 is 11.7 Å². The second-order valence-corrected chi connectivity index (χ2v) is 5.39. The van der Waals surface area contributed by atoms with E-state index >= 15 is 0 Å². The highest BCUT2D eigenvalue weighted by molar-refractivity contribution is 5.76. The van der Waals surface area contributed by atoms with Gasteiger partial charge in [-0.1, -0.05) is 13.0 Å². The van der Waals surface area contributed by atoms with Gasteiger partial charge in [-0.15, -0.1) is 0 Å². The summed E-state index contributed by atoms with van der Waals surface area (Å²) in [6, 6.07) is 6.47. The minimum Gasteiger partial charge on any atom is -0.373 e. The monoisotopic (exact) mass is 275 g/mol. The van der Waals surface area contributed by atoms with Crippen LogP contribution in [0.3, 0.4) is 0 Å². The number of aromatic nitrogens is 1. The molecule has 2 rings (SSSR count). The molecular weight excluding hydrogens is 250 g/mol. The Hall–Kier alpha value is -1.58. The molecule has 1 atom stereocenters. The molecule has 0 radical (unpaired) electrons. The van der Waals surface area contributed by atoms with Crippen LogP contribution in [0.2, 0.25) is 0 Å². The number of pyridine rings is 1. The quantitative estimate of drug-likeness (QED) is 0.898. The zero-order valence-electron chi connectivity index (χ0n) is 12.6. The SMILES string of the molecule is CCC(=O)N1CCCCC1CCc1cccc(NC)n1. The number of hydrogen-bond donors (Lipinski definition) is 1. The van der Waals surface area contributed by atoms with E-state index in [-0.39, 0.29) is 0 Å². The number of piperidine rings is 1. The van der Waals surface area contributed by atoms with E-state index in [2.05, 4.69) is 21.3 Å². The van der Waals surface area contributed by atoms with E-state index in [1.807, 2.05) is 26.1 Å². The summed E-state index contributed by atoms with van der Waals surface area (Å²) in [6.45, 7) is 2.88. The van der Waals surface area contributed by atoms with Crippen LogP contribution < -0.4 is 5.32 Å². The summed E-state index contributed by atoms with van der Waals surface area (Å²) >= 11 is 0. The Balaban J connectivity index is 1.95. The van der Waals surface area contributed by atoms with E-state index in [1.54, 1.807) is 0 Å². The first-order valence-electron chi connectivity index (χ1n) is 7.67. The van der Waals surface area contributed by atoms with Crippen molar-refractivity contribution in [1.29, 1.82) is 0 Å². The number of nitrogens with one attached hydrogen (secondary N) is 1. The Morgan fingerprint density at radius 3 is 3.05 bits per heavy atom. The maximum absolute atomic E-state index is 12.0. The predicted octanol–water partition coefficient (Wildman–Crippen LogP) is 2.85. The van der Waals surface area contributed by atoms with Gasteiger partial charge in [-0.2, -0.15) is 0 Å². The molecule has 2 heterocycles. The highest BCUT2D eigenvalue weighted by Crippen LogP contribution is 2.22. The summed E-state index contributed by atoms with van der Waals surface area (Å²) in [5.74, 6) is 1.21. The van der Waals surface area contributed by atoms with Crippen LogP contribution in [0.25, 0.3) is 0 Å². The molecule has 1 aromatic heterocycles. The van der Waals surface area contributed by atoms with Crippen LogP contribution in [0.5, 0.6) is 0 Å². The third-order valence-electron chi connectivity index (χ3n) is 4.05. The number of rotatable bonds is 5. The molecule has 1 aliphatic heterocycles. The van der Waals surface area contributed by atoms with Gasteiger partial charge in [0.2, 0.25) is 5.91 Å². The van der Waals surface area contributed by atoms with Gasteiger partial charge in [-0.3, -0.25) is 4.79 Å². The summed E-state index contributed by atoms with van der Waals surface area (Å²) in [5.41, 5.74) is 1.10. The third kappa shape index (κ3) is 3.71. The van der Waals surface area contributed by atoms with Gasteiger partial charge in [0.1, 0.15) is 5.82 Å². The third-order valence-corrected chi connectivity index (χ3v) is 4.05. The fourth-order valence-electron chi connectivity index (χ4n) is 2.90. The van der Waals surface area contributed by atoms with Gasteiger partial charge in [-0.25, -0.2) is 4.98 Å². The molecule has 0 spiro atoms. The Bertz CT molecular complexity index is 447. The maximum Gasteiger partial charge on any atom is 0.222 e. The maximum atomic E-state index is 12.0. The molecule has 1 N–H and O–H groups in total. The first-order valence-corrected chi connectivity index (χ1v) is 7.67. The van der Waals surface area contributed by atoms with Gasteiger partial charge in [0.05, 0.1) is 0 Å². The van der Waals surface area contributed by atoms with E-state index in [0.29, 0.717) is 18.4 Å². The average Bonchev–Trinajstić information content (AvgIpc) is 2.52. The first-order chi connectivity index (χ1) is 9.74. The second-order valence-electron chi connectivity index (χ2n) is 5.39. The van der Waals surface area contributed by atoms with Crippen LogP contribution in [-0.2, 0) is 11.2 Å². The molecule has 0 aromatic carbocycles. The normalized spacial score (nSPS) is 18.9. The lowest BCUT2D eigenvalue weighted by Crippen LogP contribution is -2.43. The predicted molar refractivity (Wildman–Crippen MR) is 81.7 cm³/mol. The zero-order valence-corrected chi connectivity index (χ0v) is 12.6. The standard InChI is InChI=1S/C16H25N3O/c1-3-16(20)19-12-5-4-8-14(19)11-10-13-7-6-9-15(17-2)18-13/h6-7,9,14H,3-5,8,10-12H2,1-2H3,(H,17,18). The molecule has 4 nitrogen and oxygen atoms in total. The van der Waals surface area contributed by atoms with Crippen LogP contribution in [0.4, 0.5) is 5.82 Å². The van der Waals surface area contributed by atoms with E-state index in [0.717, 1.165) is 43.7 Å². The summed E-state index contributed by atoms with van der Waals surface area (Å²) in [7, 11) is 1.88. The minimum atomic E-state index is 0.298. The topological polar surface area (TPSA) is 45.2 Å². The summed E-state index contributed by atoms with van der Waals surface area (Å²) in [5, 5.41) is 3.07. The van der Waals surface area contributed by atoms with Crippen molar-refractivity contribution in [3.8, 4) is 0 Å². The molecule has 1 fully saturated rings. The smallest absolute Gasteiger partial charge is 0.222 e. The number of aryl methyl sites for hydroxylation is 1. The van der Waals surface area contributed by atoms with E-state index < -0.39 is 0 Å². The lowest BCUT2D eigenvalue weighted by molar-refractivity contribution is -0.134. The zero-order chi connectivity index (χ0) is 14.4. The van der Waals surface area contributed by atoms with E-state index in [9.17, 15) is 4.79 Å². The summed E-state index contributed by atoms with van der Waals surface area (Å²) in [6.07, 6.45) is 6.10. The van der Waals surface area contributed by atoms with Crippen LogP contribution >= 0.6 is 0 Å². The molecule has 0 aliphatic carbocycles. The van der Waals surface area contributed by atoms with Crippen LogP contribution in [0.1, 0.15) is 44.7 Å². The molecule has 20 heavy (non-hydrogen) atoms. The minimum absolute atomic E-state index is 0.298. The number of nitrogens with zero attached hydrogens (tertiary/aromatic N) is 2. The van der Waals surface area contributed by atoms with Gasteiger partial charge in [0.25, 0.3) is 0 Å². The molecule has 0 saturated carbocycles. The van der Waals surface area contributed by atoms with Crippen molar-refractivity contribution in [2.45, 2.75) is 51.5 Å². The molecule has 1 unspecified atom stereocenters. The molecule has 1 amide bonds. The second kappa shape index (κ2) is 7.27. The van der Waals surface area contributed by atoms with Crippen molar-refractivity contribution in [3.05, 3.63) is 23.9 Å². The van der Waals surface area contributed by atoms with Gasteiger partial charge in [-0.05, 0) is 44.2 Å². The van der Waals surface area contributed by atoms with Crippen LogP contribution in [-0.4, -0.2) is 35.4 Å². The molecule has 110 valence electrons. The van der Waals surface area contributed by atoms with Crippen molar-refractivity contribution < 1.29 is 4.79 Å². The average molecular weight is 275 g/mol. The van der Waals surface area contributed by atoms with Crippen molar-refractivity contribution in [2.75, 3.05) is 18.9 Å². The Morgan fingerprint density at radius 2 is 2.30 bits per heavy atom. The largest absolute Gasteiger partial charge is 0.373 e. The number of amides is 1. The van der Waals surface area contributed by atoms with Crippen LogP contribution in [0.15, 0.2) is 18.2 Å². The Kier molecular flexibility index (Phi) is 5.39. The number of likely N-dealkylation sites (tertiary alicyclic amines) is 1. The molecule has 1 aromatic rings. The fourth-order valence-corrected chi connectivity index (χ4v) is 2.90. The molecule has 4 heteroatoms. The van der Waals surface area contributed by atoms with Crippen LogP contribution in [0, 0.1) is 0 Å².